The summed E-state index contributed by atoms with van der Waals surface area (Å²) < 4.78 is 2.04. The molecule has 4 rings (SSSR count). The molecule has 0 fully saturated rings. The lowest BCUT2D eigenvalue weighted by molar-refractivity contribution is 0.0954. The van der Waals surface area contributed by atoms with Crippen molar-refractivity contribution in [2.75, 3.05) is 18.4 Å². The summed E-state index contributed by atoms with van der Waals surface area (Å²) in [6, 6.07) is 9.92. The molecule has 0 saturated carbocycles. The molecule has 0 spiro atoms. The van der Waals surface area contributed by atoms with Gasteiger partial charge in [-0.3, -0.25) is 14.5 Å². The van der Waals surface area contributed by atoms with Gasteiger partial charge < -0.3 is 10.4 Å². The third kappa shape index (κ3) is 5.20. The molecule has 2 N–H and O–H groups in total. The smallest absolute Gasteiger partial charge is 0.408 e. The van der Waals surface area contributed by atoms with E-state index in [1.807, 2.05) is 56.6 Å². The third-order valence-corrected chi connectivity index (χ3v) is 6.23. The van der Waals surface area contributed by atoms with Crippen LogP contribution in [-0.2, 0) is 19.6 Å². The first-order chi connectivity index (χ1) is 16.1. The standard InChI is InChI=1S/C25H33N7O2/c1-6-30-11-12-32-20(16-30)14-22(29-32)28-23-26-10-9-21(27-23)18-7-8-19(17(2)13-18)15-31(24(33)34)25(3,4)5/h7-10,13-14H,6,11-12,15-16H2,1-5H3,(H,33,34)(H,26,27,28,29). The van der Waals surface area contributed by atoms with Gasteiger partial charge in [-0.2, -0.15) is 5.10 Å². The van der Waals surface area contributed by atoms with E-state index < -0.39 is 11.6 Å². The summed E-state index contributed by atoms with van der Waals surface area (Å²) in [6.07, 6.45) is 0.806. The number of likely N-dealkylation sites (N-methyl/N-ethyl adjacent to an activating group) is 1. The van der Waals surface area contributed by atoms with Gasteiger partial charge in [-0.05, 0) is 57.5 Å². The zero-order chi connectivity index (χ0) is 24.5. The lowest BCUT2D eigenvalue weighted by atomic mass is 10.0. The van der Waals surface area contributed by atoms with Gasteiger partial charge >= 0.3 is 6.09 Å². The zero-order valence-electron chi connectivity index (χ0n) is 20.5. The lowest BCUT2D eigenvalue weighted by Crippen LogP contribution is -2.44. The summed E-state index contributed by atoms with van der Waals surface area (Å²) in [5.74, 6) is 1.24. The summed E-state index contributed by atoms with van der Waals surface area (Å²) in [7, 11) is 0. The van der Waals surface area contributed by atoms with Crippen molar-refractivity contribution in [3.63, 3.8) is 0 Å². The van der Waals surface area contributed by atoms with Crippen LogP contribution in [0.5, 0.6) is 0 Å². The number of hydrogen-bond acceptors (Lipinski definition) is 6. The first-order valence-corrected chi connectivity index (χ1v) is 11.6. The van der Waals surface area contributed by atoms with E-state index in [1.54, 1.807) is 6.20 Å². The van der Waals surface area contributed by atoms with E-state index in [1.165, 1.54) is 10.6 Å². The van der Waals surface area contributed by atoms with E-state index in [-0.39, 0.29) is 0 Å². The van der Waals surface area contributed by atoms with Gasteiger partial charge in [-0.15, -0.1) is 0 Å². The van der Waals surface area contributed by atoms with Gasteiger partial charge in [0.15, 0.2) is 5.82 Å². The second-order valence-corrected chi connectivity index (χ2v) is 9.68. The summed E-state index contributed by atoms with van der Waals surface area (Å²) in [6.45, 7) is 14.0. The van der Waals surface area contributed by atoms with E-state index in [9.17, 15) is 9.90 Å². The molecule has 0 atom stereocenters. The highest BCUT2D eigenvalue weighted by molar-refractivity contribution is 5.67. The van der Waals surface area contributed by atoms with Crippen molar-refractivity contribution in [1.29, 1.82) is 0 Å². The maximum atomic E-state index is 11.7. The van der Waals surface area contributed by atoms with Gasteiger partial charge in [0.25, 0.3) is 0 Å². The van der Waals surface area contributed by atoms with Crippen molar-refractivity contribution >= 4 is 17.9 Å². The van der Waals surface area contributed by atoms with E-state index in [2.05, 4.69) is 38.3 Å². The summed E-state index contributed by atoms with van der Waals surface area (Å²) in [4.78, 5) is 24.6. The molecule has 1 aliphatic heterocycles. The molecule has 0 unspecified atom stereocenters. The molecule has 180 valence electrons. The fraction of sp³-hybridized carbons (Fsp3) is 0.440. The second-order valence-electron chi connectivity index (χ2n) is 9.68. The number of hydrogen-bond donors (Lipinski definition) is 2. The van der Waals surface area contributed by atoms with Gasteiger partial charge in [-0.25, -0.2) is 14.8 Å². The Bertz CT molecular complexity index is 1180. The predicted octanol–water partition coefficient (Wildman–Crippen LogP) is 4.51. The molecular weight excluding hydrogens is 430 g/mol. The van der Waals surface area contributed by atoms with Crippen molar-refractivity contribution < 1.29 is 9.90 Å². The van der Waals surface area contributed by atoms with Crippen LogP contribution in [0, 0.1) is 6.92 Å². The topological polar surface area (TPSA) is 99.4 Å². The van der Waals surface area contributed by atoms with Crippen LogP contribution >= 0.6 is 0 Å². The number of aryl methyl sites for hydroxylation is 1. The third-order valence-electron chi connectivity index (χ3n) is 6.23. The molecule has 3 aromatic rings. The molecule has 1 aromatic carbocycles. The number of fused-ring (bicyclic) bond motifs is 1. The molecule has 9 nitrogen and oxygen atoms in total. The number of carboxylic acid groups (broad SMARTS) is 1. The highest BCUT2D eigenvalue weighted by atomic mass is 16.4. The Hall–Kier alpha value is -3.46. The monoisotopic (exact) mass is 463 g/mol. The van der Waals surface area contributed by atoms with Crippen LogP contribution in [0.2, 0.25) is 0 Å². The fourth-order valence-corrected chi connectivity index (χ4v) is 4.14. The van der Waals surface area contributed by atoms with Crippen LogP contribution < -0.4 is 5.32 Å². The van der Waals surface area contributed by atoms with Crippen molar-refractivity contribution in [1.82, 2.24) is 29.5 Å². The number of benzene rings is 1. The Labute approximate surface area is 200 Å². The highest BCUT2D eigenvalue weighted by Gasteiger charge is 2.26. The largest absolute Gasteiger partial charge is 0.465 e. The number of carbonyl (C=O) groups is 1. The SMILES string of the molecule is CCN1CCn2nc(Nc3nccc(-c4ccc(CN(C(=O)O)C(C)(C)C)c(C)c4)n3)cc2C1. The summed E-state index contributed by atoms with van der Waals surface area (Å²) in [5, 5.41) is 17.5. The quantitative estimate of drug-likeness (QED) is 0.555. The number of aromatic nitrogens is 4. The molecule has 0 radical (unpaired) electrons. The Balaban J connectivity index is 1.51. The molecule has 34 heavy (non-hydrogen) atoms. The Morgan fingerprint density at radius 2 is 2.00 bits per heavy atom. The Morgan fingerprint density at radius 3 is 2.68 bits per heavy atom. The maximum absolute atomic E-state index is 11.7. The molecule has 0 saturated heterocycles. The van der Waals surface area contributed by atoms with Crippen LogP contribution in [0.3, 0.4) is 0 Å². The van der Waals surface area contributed by atoms with E-state index >= 15 is 0 Å². The zero-order valence-corrected chi connectivity index (χ0v) is 20.5. The minimum absolute atomic E-state index is 0.335. The molecule has 9 heteroatoms. The minimum atomic E-state index is -0.925. The highest BCUT2D eigenvalue weighted by Crippen LogP contribution is 2.25. The van der Waals surface area contributed by atoms with Crippen molar-refractivity contribution in [3.8, 4) is 11.3 Å². The average Bonchev–Trinajstić information content (AvgIpc) is 3.18. The van der Waals surface area contributed by atoms with Crippen LogP contribution in [0.1, 0.15) is 44.5 Å². The Kier molecular flexibility index (Phi) is 6.56. The second kappa shape index (κ2) is 9.42. The average molecular weight is 464 g/mol. The molecule has 3 heterocycles. The van der Waals surface area contributed by atoms with E-state index in [0.717, 1.165) is 54.4 Å². The predicted molar refractivity (Wildman–Crippen MR) is 132 cm³/mol. The lowest BCUT2D eigenvalue weighted by Gasteiger charge is -2.33. The summed E-state index contributed by atoms with van der Waals surface area (Å²) in [5.41, 5.74) is 4.43. The van der Waals surface area contributed by atoms with Crippen LogP contribution in [0.15, 0.2) is 36.5 Å². The van der Waals surface area contributed by atoms with Gasteiger partial charge in [0.2, 0.25) is 5.95 Å². The van der Waals surface area contributed by atoms with E-state index in [4.69, 9.17) is 0 Å². The van der Waals surface area contributed by atoms with Crippen molar-refractivity contribution in [3.05, 3.63) is 53.3 Å². The van der Waals surface area contributed by atoms with Gasteiger partial charge in [0.05, 0.1) is 17.9 Å². The first kappa shape index (κ1) is 23.7. The number of nitrogens with one attached hydrogen (secondary N) is 1. The minimum Gasteiger partial charge on any atom is -0.465 e. The molecule has 2 aromatic heterocycles. The normalized spacial score (nSPS) is 14.0. The molecule has 1 amide bonds. The number of rotatable bonds is 6. The number of amides is 1. The molecule has 0 aliphatic carbocycles. The fourth-order valence-electron chi connectivity index (χ4n) is 4.14. The van der Waals surface area contributed by atoms with E-state index in [0.29, 0.717) is 12.5 Å². The first-order valence-electron chi connectivity index (χ1n) is 11.6. The van der Waals surface area contributed by atoms with Crippen molar-refractivity contribution in [2.45, 2.75) is 59.8 Å². The van der Waals surface area contributed by atoms with Crippen LogP contribution in [0.4, 0.5) is 16.6 Å². The molecular formula is C25H33N7O2. The molecule has 1 aliphatic rings. The van der Waals surface area contributed by atoms with Gasteiger partial charge in [0.1, 0.15) is 0 Å². The van der Waals surface area contributed by atoms with Crippen LogP contribution in [0.25, 0.3) is 11.3 Å². The summed E-state index contributed by atoms with van der Waals surface area (Å²) >= 11 is 0. The van der Waals surface area contributed by atoms with Gasteiger partial charge in [-0.1, -0.05) is 19.1 Å². The van der Waals surface area contributed by atoms with Crippen molar-refractivity contribution in [2.24, 2.45) is 0 Å². The van der Waals surface area contributed by atoms with Gasteiger partial charge in [0, 0.05) is 43.0 Å². The van der Waals surface area contributed by atoms with Crippen LogP contribution in [-0.4, -0.2) is 59.4 Å². The Morgan fingerprint density at radius 1 is 1.21 bits per heavy atom. The maximum Gasteiger partial charge on any atom is 0.408 e. The number of anilines is 2. The molecule has 0 bridgehead atoms. The number of nitrogens with zero attached hydrogens (tertiary/aromatic N) is 6.